The second-order valence-electron chi connectivity index (χ2n) is 4.14. The molecule has 0 amide bonds. The molecule has 0 spiro atoms. The predicted molar refractivity (Wildman–Crippen MR) is 77.4 cm³/mol. The number of methoxy groups -OCH3 is 1. The van der Waals surface area contributed by atoms with E-state index in [0.29, 0.717) is 11.3 Å². The van der Waals surface area contributed by atoms with E-state index in [9.17, 15) is 10.1 Å². The molecule has 0 aliphatic carbocycles. The number of carbonyl (C=O) groups is 1. The number of ketones is 1. The molecule has 0 saturated heterocycles. The summed E-state index contributed by atoms with van der Waals surface area (Å²) in [6.07, 6.45) is 1.59. The van der Waals surface area contributed by atoms with Gasteiger partial charge in [-0.05, 0) is 23.8 Å². The van der Waals surface area contributed by atoms with Gasteiger partial charge in [0.2, 0.25) is 5.78 Å². The fourth-order valence-corrected chi connectivity index (χ4v) is 1.78. The number of hydrogen-bond donors (Lipinski definition) is 0. The largest absolute Gasteiger partial charge is 0.497 e. The van der Waals surface area contributed by atoms with E-state index >= 15 is 0 Å². The first-order valence-electron chi connectivity index (χ1n) is 6.10. The van der Waals surface area contributed by atoms with Crippen LogP contribution in [0.2, 0.25) is 0 Å². The molecule has 3 heteroatoms. The molecule has 2 aromatic rings. The van der Waals surface area contributed by atoms with Crippen LogP contribution in [0.5, 0.6) is 5.75 Å². The molecule has 3 nitrogen and oxygen atoms in total. The zero-order valence-corrected chi connectivity index (χ0v) is 11.0. The molecule has 98 valence electrons. The van der Waals surface area contributed by atoms with Crippen molar-refractivity contribution in [2.75, 3.05) is 7.11 Å². The van der Waals surface area contributed by atoms with Gasteiger partial charge in [-0.1, -0.05) is 42.5 Å². The Morgan fingerprint density at radius 2 is 1.90 bits per heavy atom. The number of benzene rings is 2. The van der Waals surface area contributed by atoms with Crippen molar-refractivity contribution in [2.45, 2.75) is 0 Å². The van der Waals surface area contributed by atoms with Crippen LogP contribution in [-0.4, -0.2) is 12.9 Å². The first kappa shape index (κ1) is 13.6. The molecule has 0 aliphatic rings. The van der Waals surface area contributed by atoms with Crippen LogP contribution in [0, 0.1) is 11.3 Å². The number of hydrogen-bond acceptors (Lipinski definition) is 3. The van der Waals surface area contributed by atoms with Crippen molar-refractivity contribution in [3.05, 3.63) is 71.3 Å². The smallest absolute Gasteiger partial charge is 0.203 e. The number of ether oxygens (including phenoxy) is 1. The summed E-state index contributed by atoms with van der Waals surface area (Å²) in [6.45, 7) is 0. The predicted octanol–water partition coefficient (Wildman–Crippen LogP) is 3.49. The standard InChI is InChI=1S/C17H13NO2/c1-20-16-9-5-8-14(11-16)17(19)15(12-18)10-13-6-3-2-4-7-13/h2-11H,1H3/b15-10+. The molecule has 2 rings (SSSR count). The molecule has 0 saturated carbocycles. The van der Waals surface area contributed by atoms with Crippen molar-refractivity contribution in [2.24, 2.45) is 0 Å². The summed E-state index contributed by atoms with van der Waals surface area (Å²) in [6, 6.07) is 18.0. The van der Waals surface area contributed by atoms with Gasteiger partial charge in [-0.2, -0.15) is 5.26 Å². The fourth-order valence-electron chi connectivity index (χ4n) is 1.78. The topological polar surface area (TPSA) is 50.1 Å². The lowest BCUT2D eigenvalue weighted by Crippen LogP contribution is -2.02. The maximum Gasteiger partial charge on any atom is 0.203 e. The number of carbonyl (C=O) groups excluding carboxylic acids is 1. The van der Waals surface area contributed by atoms with Gasteiger partial charge in [-0.3, -0.25) is 4.79 Å². The minimum Gasteiger partial charge on any atom is -0.497 e. The molecule has 20 heavy (non-hydrogen) atoms. The molecule has 0 aromatic heterocycles. The second-order valence-corrected chi connectivity index (χ2v) is 4.14. The average Bonchev–Trinajstić information content (AvgIpc) is 2.53. The van der Waals surface area contributed by atoms with Gasteiger partial charge in [0.05, 0.1) is 7.11 Å². The van der Waals surface area contributed by atoms with E-state index in [-0.39, 0.29) is 11.4 Å². The van der Waals surface area contributed by atoms with Crippen molar-refractivity contribution in [1.29, 1.82) is 5.26 Å². The first-order valence-corrected chi connectivity index (χ1v) is 6.10. The Morgan fingerprint density at radius 1 is 1.15 bits per heavy atom. The third-order valence-corrected chi connectivity index (χ3v) is 2.81. The Balaban J connectivity index is 2.35. The van der Waals surface area contributed by atoms with Crippen molar-refractivity contribution < 1.29 is 9.53 Å². The van der Waals surface area contributed by atoms with Gasteiger partial charge in [0, 0.05) is 5.56 Å². The summed E-state index contributed by atoms with van der Waals surface area (Å²) in [5.74, 6) is 0.281. The maximum absolute atomic E-state index is 12.3. The lowest BCUT2D eigenvalue weighted by molar-refractivity contribution is 0.103. The molecule has 0 N–H and O–H groups in total. The lowest BCUT2D eigenvalue weighted by Gasteiger charge is -2.03. The molecular weight excluding hydrogens is 250 g/mol. The highest BCUT2D eigenvalue weighted by Gasteiger charge is 2.12. The highest BCUT2D eigenvalue weighted by molar-refractivity contribution is 6.14. The summed E-state index contributed by atoms with van der Waals surface area (Å²) in [5, 5.41) is 9.18. The molecule has 0 aliphatic heterocycles. The van der Waals surface area contributed by atoms with Crippen LogP contribution in [0.15, 0.2) is 60.2 Å². The molecule has 0 unspecified atom stereocenters. The van der Waals surface area contributed by atoms with E-state index in [1.54, 1.807) is 30.3 Å². The van der Waals surface area contributed by atoms with E-state index in [1.807, 2.05) is 36.4 Å². The molecule has 0 fully saturated rings. The van der Waals surface area contributed by atoms with Crippen LogP contribution in [0.1, 0.15) is 15.9 Å². The highest BCUT2D eigenvalue weighted by Crippen LogP contribution is 2.17. The van der Waals surface area contributed by atoms with E-state index in [4.69, 9.17) is 4.74 Å². The number of rotatable bonds is 4. The number of Topliss-reactive ketones (excluding diaryl/α,β-unsaturated/α-hetero) is 1. The van der Waals surface area contributed by atoms with E-state index in [1.165, 1.54) is 7.11 Å². The van der Waals surface area contributed by atoms with E-state index in [2.05, 4.69) is 0 Å². The van der Waals surface area contributed by atoms with Crippen molar-refractivity contribution in [3.8, 4) is 11.8 Å². The minimum atomic E-state index is -0.310. The zero-order valence-electron chi connectivity index (χ0n) is 11.0. The molecule has 2 aromatic carbocycles. The summed E-state index contributed by atoms with van der Waals surface area (Å²) >= 11 is 0. The van der Waals surface area contributed by atoms with Crippen LogP contribution in [0.3, 0.4) is 0 Å². The molecule has 0 atom stereocenters. The molecule has 0 radical (unpaired) electrons. The summed E-state index contributed by atoms with van der Waals surface area (Å²) in [7, 11) is 1.54. The Bertz CT molecular complexity index is 682. The third kappa shape index (κ3) is 3.12. The van der Waals surface area contributed by atoms with Gasteiger partial charge in [0.1, 0.15) is 17.4 Å². The van der Waals surface area contributed by atoms with Crippen LogP contribution < -0.4 is 4.74 Å². The van der Waals surface area contributed by atoms with Crippen LogP contribution in [0.25, 0.3) is 6.08 Å². The van der Waals surface area contributed by atoms with Gasteiger partial charge < -0.3 is 4.74 Å². The average molecular weight is 263 g/mol. The molecule has 0 heterocycles. The number of nitriles is 1. The lowest BCUT2D eigenvalue weighted by atomic mass is 10.0. The fraction of sp³-hybridized carbons (Fsp3) is 0.0588. The Hall–Kier alpha value is -2.86. The summed E-state index contributed by atoms with van der Waals surface area (Å²) < 4.78 is 5.08. The normalized spacial score (nSPS) is 10.7. The summed E-state index contributed by atoms with van der Waals surface area (Å²) in [5.41, 5.74) is 1.36. The molecule has 0 bridgehead atoms. The second kappa shape index (κ2) is 6.35. The Morgan fingerprint density at radius 3 is 2.55 bits per heavy atom. The number of nitrogens with zero attached hydrogens (tertiary/aromatic N) is 1. The van der Waals surface area contributed by atoms with E-state index in [0.717, 1.165) is 5.56 Å². The van der Waals surface area contributed by atoms with Gasteiger partial charge in [-0.15, -0.1) is 0 Å². The summed E-state index contributed by atoms with van der Waals surface area (Å²) in [4.78, 5) is 12.3. The number of allylic oxidation sites excluding steroid dienone is 1. The van der Waals surface area contributed by atoms with Gasteiger partial charge >= 0.3 is 0 Å². The zero-order chi connectivity index (χ0) is 14.4. The monoisotopic (exact) mass is 263 g/mol. The third-order valence-electron chi connectivity index (χ3n) is 2.81. The van der Waals surface area contributed by atoms with Crippen LogP contribution in [0.4, 0.5) is 0 Å². The first-order chi connectivity index (χ1) is 9.74. The van der Waals surface area contributed by atoms with Gasteiger partial charge in [0.15, 0.2) is 0 Å². The Kier molecular flexibility index (Phi) is 4.31. The minimum absolute atomic E-state index is 0.101. The van der Waals surface area contributed by atoms with Crippen molar-refractivity contribution in [1.82, 2.24) is 0 Å². The van der Waals surface area contributed by atoms with Crippen LogP contribution >= 0.6 is 0 Å². The van der Waals surface area contributed by atoms with Crippen molar-refractivity contribution in [3.63, 3.8) is 0 Å². The highest BCUT2D eigenvalue weighted by atomic mass is 16.5. The SMILES string of the molecule is COc1cccc(C(=O)/C(C#N)=C/c2ccccc2)c1. The van der Waals surface area contributed by atoms with Crippen LogP contribution in [-0.2, 0) is 0 Å². The Labute approximate surface area is 117 Å². The van der Waals surface area contributed by atoms with Gasteiger partial charge in [0.25, 0.3) is 0 Å². The quantitative estimate of drug-likeness (QED) is 0.482. The van der Waals surface area contributed by atoms with Crippen molar-refractivity contribution >= 4 is 11.9 Å². The van der Waals surface area contributed by atoms with E-state index < -0.39 is 0 Å². The maximum atomic E-state index is 12.3. The molecular formula is C17H13NO2. The van der Waals surface area contributed by atoms with Gasteiger partial charge in [-0.25, -0.2) is 0 Å².